The number of nitrogens with one attached hydrogen (secondary N) is 2. The van der Waals surface area contributed by atoms with Crippen molar-refractivity contribution < 1.29 is 24.3 Å². The minimum Gasteiger partial charge on any atom is -0.478 e. The highest BCUT2D eigenvalue weighted by atomic mass is 16.4. The number of carbonyl (C=O) groups is 4. The molecule has 0 aromatic heterocycles. The van der Waals surface area contributed by atoms with Crippen molar-refractivity contribution in [3.63, 3.8) is 0 Å². The number of amides is 3. The molecule has 3 amide bonds. The van der Waals surface area contributed by atoms with Crippen molar-refractivity contribution in [1.29, 1.82) is 0 Å². The van der Waals surface area contributed by atoms with Crippen molar-refractivity contribution >= 4 is 23.7 Å². The van der Waals surface area contributed by atoms with Crippen LogP contribution in [0.2, 0.25) is 0 Å². The number of carboxylic acid groups (broad SMARTS) is 1. The highest BCUT2D eigenvalue weighted by molar-refractivity contribution is 5.96. The Labute approximate surface area is 238 Å². The van der Waals surface area contributed by atoms with E-state index >= 15 is 0 Å². The van der Waals surface area contributed by atoms with Crippen molar-refractivity contribution in [2.45, 2.75) is 43.2 Å². The highest BCUT2D eigenvalue weighted by Gasteiger charge is 2.46. The maximum Gasteiger partial charge on any atom is 0.335 e. The van der Waals surface area contributed by atoms with Gasteiger partial charge in [-0.15, -0.1) is 0 Å². The second-order valence-corrected chi connectivity index (χ2v) is 11.5. The Hall–Kier alpha value is -4.46. The first-order chi connectivity index (χ1) is 19.9. The molecule has 3 fully saturated rings. The molecule has 210 valence electrons. The summed E-state index contributed by atoms with van der Waals surface area (Å²) in [7, 11) is 0. The molecule has 3 N–H and O–H groups in total. The topological polar surface area (TPSA) is 116 Å². The summed E-state index contributed by atoms with van der Waals surface area (Å²) in [4.78, 5) is 52.8. The van der Waals surface area contributed by atoms with Crippen molar-refractivity contribution in [3.05, 3.63) is 107 Å². The molecule has 3 aromatic carbocycles. The fraction of sp³-hybridized carbons (Fsp3) is 0.333. The second-order valence-electron chi connectivity index (χ2n) is 11.5. The SMILES string of the molecule is O=C(CC1CN(C(=O)c2ccc(C(=O)O)cc2)C[C@H]1C(=O)N[C@H]1C[C@@H]1c1ccccc1)N[C@H]1C[C@@H]1c1ccccc1. The van der Waals surface area contributed by atoms with Gasteiger partial charge in [-0.2, -0.15) is 0 Å². The Bertz CT molecular complexity index is 1440. The summed E-state index contributed by atoms with van der Waals surface area (Å²) in [6, 6.07) is 26.1. The van der Waals surface area contributed by atoms with Gasteiger partial charge in [-0.25, -0.2) is 4.79 Å². The Morgan fingerprint density at radius 3 is 1.80 bits per heavy atom. The van der Waals surface area contributed by atoms with Gasteiger partial charge in [0, 0.05) is 49.0 Å². The zero-order valence-corrected chi connectivity index (χ0v) is 22.6. The van der Waals surface area contributed by atoms with Crippen LogP contribution in [0.3, 0.4) is 0 Å². The summed E-state index contributed by atoms with van der Waals surface area (Å²) in [6.07, 6.45) is 1.92. The quantitative estimate of drug-likeness (QED) is 0.374. The predicted molar refractivity (Wildman–Crippen MR) is 152 cm³/mol. The summed E-state index contributed by atoms with van der Waals surface area (Å²) in [5.74, 6) is -1.82. The van der Waals surface area contributed by atoms with Crippen LogP contribution in [-0.4, -0.2) is 58.9 Å². The van der Waals surface area contributed by atoms with Gasteiger partial charge >= 0.3 is 5.97 Å². The first-order valence-corrected chi connectivity index (χ1v) is 14.2. The third-order valence-corrected chi connectivity index (χ3v) is 8.60. The zero-order chi connectivity index (χ0) is 28.5. The van der Waals surface area contributed by atoms with Crippen LogP contribution in [0.1, 0.15) is 62.9 Å². The van der Waals surface area contributed by atoms with Crippen LogP contribution < -0.4 is 10.6 Å². The van der Waals surface area contributed by atoms with E-state index in [0.29, 0.717) is 11.5 Å². The molecule has 3 aromatic rings. The van der Waals surface area contributed by atoms with Crippen LogP contribution >= 0.6 is 0 Å². The minimum atomic E-state index is -1.06. The molecule has 3 aliphatic rings. The molecule has 8 nitrogen and oxygen atoms in total. The van der Waals surface area contributed by atoms with E-state index < -0.39 is 11.9 Å². The van der Waals surface area contributed by atoms with E-state index in [-0.39, 0.29) is 66.7 Å². The summed E-state index contributed by atoms with van der Waals surface area (Å²) < 4.78 is 0. The number of carboxylic acids is 1. The molecule has 6 rings (SSSR count). The van der Waals surface area contributed by atoms with Gasteiger partial charge in [-0.1, -0.05) is 60.7 Å². The number of benzene rings is 3. The third-order valence-electron chi connectivity index (χ3n) is 8.60. The smallest absolute Gasteiger partial charge is 0.335 e. The van der Waals surface area contributed by atoms with Crippen LogP contribution in [0, 0.1) is 11.8 Å². The van der Waals surface area contributed by atoms with Gasteiger partial charge < -0.3 is 20.6 Å². The molecule has 1 aliphatic heterocycles. The Morgan fingerprint density at radius 2 is 1.24 bits per heavy atom. The van der Waals surface area contributed by atoms with Crippen LogP contribution in [-0.2, 0) is 9.59 Å². The van der Waals surface area contributed by atoms with Gasteiger partial charge in [0.15, 0.2) is 0 Å². The van der Waals surface area contributed by atoms with E-state index in [0.717, 1.165) is 12.8 Å². The van der Waals surface area contributed by atoms with Crippen molar-refractivity contribution in [2.24, 2.45) is 11.8 Å². The summed E-state index contributed by atoms with van der Waals surface area (Å²) in [6.45, 7) is 0.493. The highest BCUT2D eigenvalue weighted by Crippen LogP contribution is 2.42. The molecule has 1 saturated heterocycles. The monoisotopic (exact) mass is 551 g/mol. The van der Waals surface area contributed by atoms with Crippen molar-refractivity contribution in [2.75, 3.05) is 13.1 Å². The van der Waals surface area contributed by atoms with Gasteiger partial charge in [0.2, 0.25) is 11.8 Å². The second kappa shape index (κ2) is 11.2. The number of likely N-dealkylation sites (tertiary alicyclic amines) is 1. The summed E-state index contributed by atoms with van der Waals surface area (Å²) in [5.41, 5.74) is 2.86. The fourth-order valence-electron chi connectivity index (χ4n) is 6.12. The Balaban J connectivity index is 1.12. The fourth-order valence-corrected chi connectivity index (χ4v) is 6.12. The predicted octanol–water partition coefficient (Wildman–Crippen LogP) is 3.81. The average molecular weight is 552 g/mol. The first-order valence-electron chi connectivity index (χ1n) is 14.2. The van der Waals surface area contributed by atoms with Gasteiger partial charge in [-0.3, -0.25) is 14.4 Å². The molecule has 2 saturated carbocycles. The molecular formula is C33H33N3O5. The maximum atomic E-state index is 13.5. The van der Waals surface area contributed by atoms with Crippen LogP contribution in [0.25, 0.3) is 0 Å². The van der Waals surface area contributed by atoms with E-state index in [1.54, 1.807) is 4.90 Å². The number of hydrogen-bond donors (Lipinski definition) is 3. The Kier molecular flexibility index (Phi) is 7.30. The first kappa shape index (κ1) is 26.7. The molecule has 2 aliphatic carbocycles. The number of hydrogen-bond acceptors (Lipinski definition) is 4. The maximum absolute atomic E-state index is 13.5. The van der Waals surface area contributed by atoms with E-state index in [1.807, 2.05) is 36.4 Å². The lowest BCUT2D eigenvalue weighted by molar-refractivity contribution is -0.127. The van der Waals surface area contributed by atoms with Crippen molar-refractivity contribution in [3.8, 4) is 0 Å². The van der Waals surface area contributed by atoms with E-state index in [2.05, 4.69) is 34.9 Å². The largest absolute Gasteiger partial charge is 0.478 e. The lowest BCUT2D eigenvalue weighted by Crippen LogP contribution is -2.39. The molecule has 1 unspecified atom stereocenters. The normalized spacial score (nSPS) is 26.2. The molecular weight excluding hydrogens is 518 g/mol. The van der Waals surface area contributed by atoms with E-state index in [1.165, 1.54) is 35.4 Å². The molecule has 6 atom stereocenters. The molecule has 8 heteroatoms. The third kappa shape index (κ3) is 6.01. The average Bonchev–Trinajstić information content (AvgIpc) is 3.90. The number of rotatable bonds is 9. The lowest BCUT2D eigenvalue weighted by Gasteiger charge is -2.18. The number of nitrogens with zero attached hydrogens (tertiary/aromatic N) is 1. The van der Waals surface area contributed by atoms with Crippen LogP contribution in [0.4, 0.5) is 0 Å². The van der Waals surface area contributed by atoms with Gasteiger partial charge in [0.25, 0.3) is 5.91 Å². The summed E-state index contributed by atoms with van der Waals surface area (Å²) in [5, 5.41) is 15.5. The zero-order valence-electron chi connectivity index (χ0n) is 22.6. The molecule has 0 spiro atoms. The van der Waals surface area contributed by atoms with Crippen LogP contribution in [0.5, 0.6) is 0 Å². The Morgan fingerprint density at radius 1 is 0.707 bits per heavy atom. The van der Waals surface area contributed by atoms with Crippen molar-refractivity contribution in [1.82, 2.24) is 15.5 Å². The van der Waals surface area contributed by atoms with Crippen LogP contribution in [0.15, 0.2) is 84.9 Å². The molecule has 1 heterocycles. The lowest BCUT2D eigenvalue weighted by atomic mass is 9.91. The molecule has 0 radical (unpaired) electrons. The van der Waals surface area contributed by atoms with Gasteiger partial charge in [-0.05, 0) is 54.2 Å². The standard InChI is InChI=1S/C33H33N3O5/c37-30(34-28-16-25(28)20-7-3-1-4-8-20)15-24-18-36(32(39)22-11-13-23(14-12-22)33(40)41)19-27(24)31(38)35-29-17-26(29)21-9-5-2-6-10-21/h1-14,24-29H,15-19H2,(H,34,37)(H,35,38)(H,40,41)/t24?,25-,26-,27-,28+,29+/m1/s1. The molecule has 41 heavy (non-hydrogen) atoms. The molecule has 0 bridgehead atoms. The van der Waals surface area contributed by atoms with Gasteiger partial charge in [0.05, 0.1) is 11.5 Å². The minimum absolute atomic E-state index is 0.0470. The van der Waals surface area contributed by atoms with E-state index in [4.69, 9.17) is 0 Å². The van der Waals surface area contributed by atoms with Gasteiger partial charge in [0.1, 0.15) is 0 Å². The number of carbonyl (C=O) groups excluding carboxylic acids is 3. The van der Waals surface area contributed by atoms with E-state index in [9.17, 15) is 24.3 Å². The summed E-state index contributed by atoms with van der Waals surface area (Å²) >= 11 is 0. The number of aromatic carboxylic acids is 1.